The highest BCUT2D eigenvalue weighted by Gasteiger charge is 2.23. The van der Waals surface area contributed by atoms with Crippen molar-refractivity contribution < 1.29 is 14.3 Å². The Hall–Kier alpha value is -3.58. The van der Waals surface area contributed by atoms with Crippen LogP contribution in [0.3, 0.4) is 0 Å². The highest BCUT2D eigenvalue weighted by Crippen LogP contribution is 2.33. The minimum absolute atomic E-state index is 0.116. The zero-order valence-corrected chi connectivity index (χ0v) is 18.7. The van der Waals surface area contributed by atoms with Crippen molar-refractivity contribution in [2.45, 2.75) is 19.3 Å². The Morgan fingerprint density at radius 2 is 1.59 bits per heavy atom. The van der Waals surface area contributed by atoms with Crippen LogP contribution in [0.2, 0.25) is 0 Å². The molecule has 1 aliphatic heterocycles. The molecule has 0 unspecified atom stereocenters. The van der Waals surface area contributed by atoms with E-state index in [-0.39, 0.29) is 5.91 Å². The minimum atomic E-state index is 0.116. The third kappa shape index (κ3) is 5.36. The van der Waals surface area contributed by atoms with E-state index in [9.17, 15) is 4.79 Å². The monoisotopic (exact) mass is 447 g/mol. The molecule has 6 nitrogen and oxygen atoms in total. The van der Waals surface area contributed by atoms with Crippen LogP contribution in [-0.4, -0.2) is 24.7 Å². The summed E-state index contributed by atoms with van der Waals surface area (Å²) < 4.78 is 11.3. The largest absolute Gasteiger partial charge is 0.495 e. The molecule has 1 saturated heterocycles. The lowest BCUT2D eigenvalue weighted by Gasteiger charge is -2.28. The lowest BCUT2D eigenvalue weighted by Crippen LogP contribution is -2.35. The number of amides is 1. The van der Waals surface area contributed by atoms with Crippen molar-refractivity contribution in [1.29, 1.82) is 0 Å². The number of hydrogen-bond donors (Lipinski definition) is 2. The van der Waals surface area contributed by atoms with E-state index in [0.717, 1.165) is 41.4 Å². The number of ether oxygens (including phenoxy) is 2. The maximum Gasteiger partial charge on any atom is 0.227 e. The van der Waals surface area contributed by atoms with Crippen molar-refractivity contribution in [3.8, 4) is 17.2 Å². The predicted molar refractivity (Wildman–Crippen MR) is 132 cm³/mol. The Bertz CT molecular complexity index is 1090. The van der Waals surface area contributed by atoms with Gasteiger partial charge in [-0.05, 0) is 79.7 Å². The molecule has 1 amide bonds. The van der Waals surface area contributed by atoms with Crippen LogP contribution >= 0.6 is 12.2 Å². The van der Waals surface area contributed by atoms with Gasteiger partial charge in [0.15, 0.2) is 5.11 Å². The van der Waals surface area contributed by atoms with E-state index < -0.39 is 0 Å². The molecule has 1 aliphatic rings. The van der Waals surface area contributed by atoms with Crippen LogP contribution in [0.1, 0.15) is 19.3 Å². The maximum atomic E-state index is 12.4. The molecule has 0 saturated carbocycles. The lowest BCUT2D eigenvalue weighted by molar-refractivity contribution is -0.119. The number of nitrogens with one attached hydrogen (secondary N) is 2. The van der Waals surface area contributed by atoms with E-state index in [1.54, 1.807) is 12.0 Å². The highest BCUT2D eigenvalue weighted by molar-refractivity contribution is 7.80. The molecule has 3 aromatic rings. The number of anilines is 3. The van der Waals surface area contributed by atoms with Gasteiger partial charge in [-0.2, -0.15) is 0 Å². The number of methoxy groups -OCH3 is 1. The van der Waals surface area contributed by atoms with E-state index in [4.69, 9.17) is 21.7 Å². The van der Waals surface area contributed by atoms with Gasteiger partial charge in [-0.1, -0.05) is 18.2 Å². The van der Waals surface area contributed by atoms with Crippen LogP contribution < -0.4 is 25.0 Å². The van der Waals surface area contributed by atoms with Gasteiger partial charge in [0.2, 0.25) is 5.91 Å². The zero-order valence-electron chi connectivity index (χ0n) is 17.8. The summed E-state index contributed by atoms with van der Waals surface area (Å²) in [4.78, 5) is 14.2. The summed E-state index contributed by atoms with van der Waals surface area (Å²) in [5.41, 5.74) is 2.37. The standard InChI is InChI=1S/C25H25N3O3S/c1-30-23-15-12-19(17-22(23)28-16-6-5-9-24(28)29)27-25(32)26-18-10-13-21(14-11-18)31-20-7-3-2-4-8-20/h2-4,7-8,10-15,17H,5-6,9,16H2,1H3,(H2,26,27,32). The number of carbonyl (C=O) groups excluding carboxylic acids is 1. The second-order valence-corrected chi connectivity index (χ2v) is 7.82. The summed E-state index contributed by atoms with van der Waals surface area (Å²) in [6.07, 6.45) is 2.47. The molecule has 164 valence electrons. The first kappa shape index (κ1) is 21.6. The van der Waals surface area contributed by atoms with Gasteiger partial charge < -0.3 is 25.0 Å². The smallest absolute Gasteiger partial charge is 0.227 e. The fourth-order valence-electron chi connectivity index (χ4n) is 3.56. The van der Waals surface area contributed by atoms with Gasteiger partial charge >= 0.3 is 0 Å². The molecule has 7 heteroatoms. The van der Waals surface area contributed by atoms with Crippen LogP contribution in [0, 0.1) is 0 Å². The van der Waals surface area contributed by atoms with Crippen molar-refractivity contribution in [2.24, 2.45) is 0 Å². The molecule has 0 atom stereocenters. The molecular weight excluding hydrogens is 422 g/mol. The molecule has 1 heterocycles. The van der Waals surface area contributed by atoms with Crippen molar-refractivity contribution in [2.75, 3.05) is 29.2 Å². The molecule has 0 aromatic heterocycles. The number of hydrogen-bond acceptors (Lipinski definition) is 4. The Labute approximate surface area is 193 Å². The molecule has 4 rings (SSSR count). The second-order valence-electron chi connectivity index (χ2n) is 7.41. The van der Waals surface area contributed by atoms with Gasteiger partial charge in [0.1, 0.15) is 17.2 Å². The van der Waals surface area contributed by atoms with Crippen molar-refractivity contribution >= 4 is 40.3 Å². The molecule has 1 fully saturated rings. The van der Waals surface area contributed by atoms with Gasteiger partial charge in [-0.25, -0.2) is 0 Å². The number of carbonyl (C=O) groups is 1. The summed E-state index contributed by atoms with van der Waals surface area (Å²) in [6.45, 7) is 0.693. The predicted octanol–water partition coefficient (Wildman–Crippen LogP) is 5.81. The third-order valence-corrected chi connectivity index (χ3v) is 5.35. The van der Waals surface area contributed by atoms with Crippen LogP contribution in [-0.2, 0) is 4.79 Å². The topological polar surface area (TPSA) is 62.8 Å². The van der Waals surface area contributed by atoms with Gasteiger partial charge in [-0.3, -0.25) is 4.79 Å². The molecule has 0 radical (unpaired) electrons. The molecular formula is C25H25N3O3S. The number of rotatable bonds is 6. The van der Waals surface area contributed by atoms with Crippen molar-refractivity contribution in [1.82, 2.24) is 0 Å². The zero-order chi connectivity index (χ0) is 22.3. The fraction of sp³-hybridized carbons (Fsp3) is 0.200. The normalized spacial score (nSPS) is 13.4. The van der Waals surface area contributed by atoms with Crippen LogP contribution in [0.15, 0.2) is 72.8 Å². The summed E-state index contributed by atoms with van der Waals surface area (Å²) in [5, 5.41) is 6.80. The molecule has 32 heavy (non-hydrogen) atoms. The summed E-state index contributed by atoms with van der Waals surface area (Å²) in [7, 11) is 1.61. The van der Waals surface area contributed by atoms with Crippen LogP contribution in [0.25, 0.3) is 0 Å². The number of piperidine rings is 1. The third-order valence-electron chi connectivity index (χ3n) is 5.14. The SMILES string of the molecule is COc1ccc(NC(=S)Nc2ccc(Oc3ccccc3)cc2)cc1N1CCCCC1=O. The Balaban J connectivity index is 1.40. The Morgan fingerprint density at radius 3 is 2.31 bits per heavy atom. The fourth-order valence-corrected chi connectivity index (χ4v) is 3.80. The van der Waals surface area contributed by atoms with Gasteiger partial charge in [0.25, 0.3) is 0 Å². The number of para-hydroxylation sites is 1. The van der Waals surface area contributed by atoms with Gasteiger partial charge in [0.05, 0.1) is 12.8 Å². The maximum absolute atomic E-state index is 12.4. The second kappa shape index (κ2) is 10.2. The first-order chi connectivity index (χ1) is 15.6. The minimum Gasteiger partial charge on any atom is -0.495 e. The lowest BCUT2D eigenvalue weighted by atomic mass is 10.1. The van der Waals surface area contributed by atoms with Crippen molar-refractivity contribution in [3.05, 3.63) is 72.8 Å². The van der Waals surface area contributed by atoms with E-state index in [1.165, 1.54) is 0 Å². The quantitative estimate of drug-likeness (QED) is 0.465. The van der Waals surface area contributed by atoms with E-state index in [2.05, 4.69) is 10.6 Å². The first-order valence-corrected chi connectivity index (χ1v) is 10.9. The summed E-state index contributed by atoms with van der Waals surface area (Å²) in [5.74, 6) is 2.31. The van der Waals surface area contributed by atoms with E-state index in [1.807, 2.05) is 72.8 Å². The average molecular weight is 448 g/mol. The molecule has 0 aliphatic carbocycles. The molecule has 3 aromatic carbocycles. The Morgan fingerprint density at radius 1 is 0.906 bits per heavy atom. The van der Waals surface area contributed by atoms with Crippen molar-refractivity contribution in [3.63, 3.8) is 0 Å². The van der Waals surface area contributed by atoms with E-state index >= 15 is 0 Å². The average Bonchev–Trinajstić information content (AvgIpc) is 2.81. The number of nitrogens with zero attached hydrogens (tertiary/aromatic N) is 1. The van der Waals surface area contributed by atoms with Crippen LogP contribution in [0.5, 0.6) is 17.2 Å². The van der Waals surface area contributed by atoms with Crippen LogP contribution in [0.4, 0.5) is 17.1 Å². The summed E-state index contributed by atoms with van der Waals surface area (Å²) >= 11 is 5.47. The Kier molecular flexibility index (Phi) is 6.87. The number of benzene rings is 3. The molecule has 0 spiro atoms. The molecule has 0 bridgehead atoms. The van der Waals surface area contributed by atoms with E-state index in [0.29, 0.717) is 23.8 Å². The van der Waals surface area contributed by atoms with Gasteiger partial charge in [0, 0.05) is 24.3 Å². The summed E-state index contributed by atoms with van der Waals surface area (Å²) in [6, 6.07) is 22.8. The first-order valence-electron chi connectivity index (χ1n) is 10.5. The molecule has 2 N–H and O–H groups in total. The van der Waals surface area contributed by atoms with Gasteiger partial charge in [-0.15, -0.1) is 0 Å². The number of thiocarbonyl (C=S) groups is 1. The highest BCUT2D eigenvalue weighted by atomic mass is 32.1.